The van der Waals surface area contributed by atoms with Gasteiger partial charge in [-0.25, -0.2) is 19.9 Å². The number of hydrogen-bond donors (Lipinski definition) is 4. The van der Waals surface area contributed by atoms with Crippen molar-refractivity contribution in [1.29, 1.82) is 0 Å². The highest BCUT2D eigenvalue weighted by molar-refractivity contribution is 5.76. The molecule has 0 aliphatic heterocycles. The molecule has 12 nitrogen and oxygen atoms in total. The molecular formula is C36H36N8O4. The van der Waals surface area contributed by atoms with Crippen molar-refractivity contribution in [2.75, 3.05) is 49.7 Å². The molecule has 4 aromatic carbocycles. The molecule has 4 N–H and O–H groups in total. The monoisotopic (exact) mass is 644 g/mol. The van der Waals surface area contributed by atoms with Gasteiger partial charge in [0.1, 0.15) is 23.0 Å². The van der Waals surface area contributed by atoms with Crippen LogP contribution in [0.25, 0.3) is 0 Å². The Morgan fingerprint density at radius 3 is 1.15 bits per heavy atom. The second-order valence-corrected chi connectivity index (χ2v) is 9.87. The Bertz CT molecular complexity index is 1790. The summed E-state index contributed by atoms with van der Waals surface area (Å²) in [4.78, 5) is 17.5. The van der Waals surface area contributed by atoms with E-state index in [0.29, 0.717) is 23.3 Å². The Labute approximate surface area is 279 Å². The number of para-hydroxylation sites is 4. The van der Waals surface area contributed by atoms with Crippen molar-refractivity contribution < 1.29 is 18.9 Å². The van der Waals surface area contributed by atoms with Crippen molar-refractivity contribution in [1.82, 2.24) is 19.9 Å². The van der Waals surface area contributed by atoms with Crippen molar-refractivity contribution >= 4 is 46.0 Å². The molecular weight excluding hydrogens is 608 g/mol. The molecule has 0 unspecified atom stereocenters. The summed E-state index contributed by atoms with van der Waals surface area (Å²) in [6, 6.07) is 30.5. The average Bonchev–Trinajstić information content (AvgIpc) is 3.14. The largest absolute Gasteiger partial charge is 0.497 e. The Kier molecular flexibility index (Phi) is 11.4. The Balaban J connectivity index is 0.000000188. The predicted molar refractivity (Wildman–Crippen MR) is 189 cm³/mol. The van der Waals surface area contributed by atoms with Crippen molar-refractivity contribution in [3.63, 3.8) is 0 Å². The molecule has 6 rings (SSSR count). The van der Waals surface area contributed by atoms with Crippen molar-refractivity contribution in [2.24, 2.45) is 0 Å². The van der Waals surface area contributed by atoms with Gasteiger partial charge in [-0.15, -0.1) is 0 Å². The van der Waals surface area contributed by atoms with Gasteiger partial charge < -0.3 is 40.2 Å². The van der Waals surface area contributed by atoms with Gasteiger partial charge in [0.15, 0.2) is 23.3 Å². The fourth-order valence-corrected chi connectivity index (χ4v) is 4.47. The molecule has 0 spiro atoms. The van der Waals surface area contributed by atoms with Gasteiger partial charge >= 0.3 is 0 Å². The van der Waals surface area contributed by atoms with Crippen molar-refractivity contribution in [2.45, 2.75) is 0 Å². The molecule has 0 aliphatic rings. The summed E-state index contributed by atoms with van der Waals surface area (Å²) in [5, 5.41) is 13.0. The van der Waals surface area contributed by atoms with Crippen molar-refractivity contribution in [3.05, 3.63) is 122 Å². The van der Waals surface area contributed by atoms with Crippen LogP contribution >= 0.6 is 0 Å². The Hall–Kier alpha value is -6.56. The molecule has 0 saturated carbocycles. The highest BCUT2D eigenvalue weighted by Crippen LogP contribution is 2.32. The second kappa shape index (κ2) is 16.7. The van der Waals surface area contributed by atoms with Crippen LogP contribution in [0.3, 0.4) is 0 Å². The molecule has 0 saturated heterocycles. The zero-order valence-electron chi connectivity index (χ0n) is 27.0. The minimum atomic E-state index is 0.591. The number of anilines is 8. The van der Waals surface area contributed by atoms with Gasteiger partial charge in [-0.2, -0.15) is 0 Å². The molecule has 0 atom stereocenters. The van der Waals surface area contributed by atoms with E-state index < -0.39 is 0 Å². The van der Waals surface area contributed by atoms with E-state index in [1.807, 2.05) is 97.1 Å². The zero-order valence-corrected chi connectivity index (χ0v) is 27.0. The summed E-state index contributed by atoms with van der Waals surface area (Å²) < 4.78 is 21.2. The van der Waals surface area contributed by atoms with Crippen LogP contribution in [-0.4, -0.2) is 48.4 Å². The normalized spacial score (nSPS) is 10.1. The number of hydrogen-bond acceptors (Lipinski definition) is 12. The molecule has 12 heteroatoms. The van der Waals surface area contributed by atoms with E-state index in [1.54, 1.807) is 53.2 Å². The maximum Gasteiger partial charge on any atom is 0.174 e. The van der Waals surface area contributed by atoms with Crippen LogP contribution in [0.5, 0.6) is 23.0 Å². The first kappa shape index (κ1) is 32.8. The lowest BCUT2D eigenvalue weighted by Crippen LogP contribution is -2.03. The van der Waals surface area contributed by atoms with Crippen LogP contribution in [0.2, 0.25) is 0 Å². The molecule has 0 radical (unpaired) electrons. The Morgan fingerprint density at radius 2 is 0.771 bits per heavy atom. The third-order valence-corrected chi connectivity index (χ3v) is 6.78. The van der Waals surface area contributed by atoms with E-state index in [-0.39, 0.29) is 0 Å². The molecule has 0 bridgehead atoms. The molecule has 2 aromatic heterocycles. The van der Waals surface area contributed by atoms with E-state index >= 15 is 0 Å². The fourth-order valence-electron chi connectivity index (χ4n) is 4.47. The molecule has 0 aliphatic carbocycles. The van der Waals surface area contributed by atoms with Crippen molar-refractivity contribution in [3.8, 4) is 23.0 Å². The van der Waals surface area contributed by atoms with Gasteiger partial charge in [0, 0.05) is 48.3 Å². The SMILES string of the molecule is COc1cccc(Nc2nccnc2Nc2cccc(OC)c2)c1.COc1ccccc1Nc1nccnc1Nc1ccccc1OC. The first-order chi connectivity index (χ1) is 23.6. The molecule has 0 fully saturated rings. The summed E-state index contributed by atoms with van der Waals surface area (Å²) in [6.07, 6.45) is 6.54. The molecule has 48 heavy (non-hydrogen) atoms. The van der Waals surface area contributed by atoms with Gasteiger partial charge in [-0.3, -0.25) is 0 Å². The number of benzene rings is 4. The quantitative estimate of drug-likeness (QED) is 0.103. The van der Waals surface area contributed by atoms with E-state index in [2.05, 4.69) is 41.2 Å². The summed E-state index contributed by atoms with van der Waals surface area (Å²) in [5.74, 6) is 5.41. The first-order valence-electron chi connectivity index (χ1n) is 14.8. The van der Waals surface area contributed by atoms with Crippen LogP contribution in [0.4, 0.5) is 46.0 Å². The van der Waals surface area contributed by atoms with Crippen LogP contribution in [0, 0.1) is 0 Å². The number of rotatable bonds is 12. The van der Waals surface area contributed by atoms with Gasteiger partial charge in [-0.05, 0) is 48.5 Å². The summed E-state index contributed by atoms with van der Waals surface area (Å²) >= 11 is 0. The lowest BCUT2D eigenvalue weighted by atomic mass is 10.3. The van der Waals surface area contributed by atoms with Gasteiger partial charge in [0.05, 0.1) is 39.8 Å². The van der Waals surface area contributed by atoms with E-state index in [4.69, 9.17) is 18.9 Å². The molecule has 244 valence electrons. The highest BCUT2D eigenvalue weighted by atomic mass is 16.5. The van der Waals surface area contributed by atoms with Gasteiger partial charge in [-0.1, -0.05) is 36.4 Å². The topological polar surface area (TPSA) is 137 Å². The average molecular weight is 645 g/mol. The minimum Gasteiger partial charge on any atom is -0.497 e. The van der Waals surface area contributed by atoms with E-state index in [1.165, 1.54) is 0 Å². The number of nitrogens with zero attached hydrogens (tertiary/aromatic N) is 4. The molecule has 2 heterocycles. The third-order valence-electron chi connectivity index (χ3n) is 6.78. The molecule has 6 aromatic rings. The summed E-state index contributed by atoms with van der Waals surface area (Å²) in [5.41, 5.74) is 3.35. The summed E-state index contributed by atoms with van der Waals surface area (Å²) in [6.45, 7) is 0. The Morgan fingerprint density at radius 1 is 0.396 bits per heavy atom. The third kappa shape index (κ3) is 8.79. The molecule has 0 amide bonds. The van der Waals surface area contributed by atoms with Gasteiger partial charge in [0.2, 0.25) is 0 Å². The maximum atomic E-state index is 5.36. The number of methoxy groups -OCH3 is 4. The maximum absolute atomic E-state index is 5.36. The zero-order chi connectivity index (χ0) is 33.6. The van der Waals surface area contributed by atoms with E-state index in [0.717, 1.165) is 45.7 Å². The smallest absolute Gasteiger partial charge is 0.174 e. The van der Waals surface area contributed by atoms with Crippen LogP contribution in [0.15, 0.2) is 122 Å². The number of nitrogens with one attached hydrogen (secondary N) is 4. The van der Waals surface area contributed by atoms with Crippen LogP contribution in [-0.2, 0) is 0 Å². The number of aromatic nitrogens is 4. The number of ether oxygens (including phenoxy) is 4. The minimum absolute atomic E-state index is 0.591. The summed E-state index contributed by atoms with van der Waals surface area (Å²) in [7, 11) is 6.53. The predicted octanol–water partition coefficient (Wildman–Crippen LogP) is 7.96. The lowest BCUT2D eigenvalue weighted by molar-refractivity contribution is 0.415. The lowest BCUT2D eigenvalue weighted by Gasteiger charge is -2.15. The second-order valence-electron chi connectivity index (χ2n) is 9.87. The first-order valence-corrected chi connectivity index (χ1v) is 14.8. The van der Waals surface area contributed by atoms with Crippen LogP contribution in [0.1, 0.15) is 0 Å². The van der Waals surface area contributed by atoms with Crippen LogP contribution < -0.4 is 40.2 Å². The fraction of sp³-hybridized carbons (Fsp3) is 0.111. The standard InChI is InChI=1S/2C18H18N4O2/c1-23-15-7-3-5-13(11-15)21-17-18(20-10-9-19-17)22-14-6-4-8-16(12-14)24-2;1-23-15-9-5-3-7-13(15)21-17-18(20-12-11-19-17)22-14-8-4-6-10-16(14)24-2/h2*3-12H,1-2H3,(H,19,21)(H,20,22). The highest BCUT2D eigenvalue weighted by Gasteiger charge is 2.11. The van der Waals surface area contributed by atoms with E-state index in [9.17, 15) is 0 Å². The van der Waals surface area contributed by atoms with Gasteiger partial charge in [0.25, 0.3) is 0 Å².